The number of hydrogen-bond donors (Lipinski definition) is 1. The lowest BCUT2D eigenvalue weighted by atomic mass is 10.0. The molecule has 1 fully saturated rings. The molecule has 0 spiro atoms. The van der Waals surface area contributed by atoms with Crippen LogP contribution in [-0.4, -0.2) is 31.1 Å². The molecule has 0 unspecified atom stereocenters. The Kier molecular flexibility index (Phi) is 2.98. The number of hydrogen-bond acceptors (Lipinski definition) is 5. The van der Waals surface area contributed by atoms with Crippen molar-refractivity contribution in [3.8, 4) is 0 Å². The first-order valence-electron chi connectivity index (χ1n) is 8.45. The first-order chi connectivity index (χ1) is 11.3. The number of nitrogens with zero attached hydrogens (tertiary/aromatic N) is 5. The van der Waals surface area contributed by atoms with Gasteiger partial charge in [0.15, 0.2) is 0 Å². The summed E-state index contributed by atoms with van der Waals surface area (Å²) < 4.78 is 1.90. The van der Waals surface area contributed by atoms with Gasteiger partial charge in [-0.15, -0.1) is 5.10 Å². The highest BCUT2D eigenvalue weighted by Crippen LogP contribution is 2.37. The standard InChI is InChI=1S/C16H20N6S/c1-10-9-22-15(17-10)23-16(20-22)21-8-4-7-13(21)14-18-11-5-2-3-6-12(11)19-14/h9,13H,2-8H2,1H3,(H,18,19)/t13-/m0/s1. The Morgan fingerprint density at radius 2 is 2.13 bits per heavy atom. The van der Waals surface area contributed by atoms with Crippen LogP contribution in [0.2, 0.25) is 0 Å². The molecular weight excluding hydrogens is 308 g/mol. The van der Waals surface area contributed by atoms with Crippen LogP contribution in [0.4, 0.5) is 5.13 Å². The van der Waals surface area contributed by atoms with Gasteiger partial charge in [0.1, 0.15) is 5.82 Å². The minimum absolute atomic E-state index is 0.331. The molecular formula is C16H20N6S. The molecule has 120 valence electrons. The summed E-state index contributed by atoms with van der Waals surface area (Å²) in [6.45, 7) is 3.05. The first-order valence-corrected chi connectivity index (χ1v) is 9.27. The van der Waals surface area contributed by atoms with E-state index in [9.17, 15) is 0 Å². The maximum absolute atomic E-state index is 4.92. The number of anilines is 1. The maximum atomic E-state index is 4.92. The van der Waals surface area contributed by atoms with E-state index < -0.39 is 0 Å². The van der Waals surface area contributed by atoms with Crippen molar-refractivity contribution in [1.29, 1.82) is 0 Å². The lowest BCUT2D eigenvalue weighted by Crippen LogP contribution is -2.23. The molecule has 1 aliphatic carbocycles. The van der Waals surface area contributed by atoms with Gasteiger partial charge in [-0.3, -0.25) is 0 Å². The average molecular weight is 328 g/mol. The molecule has 4 heterocycles. The van der Waals surface area contributed by atoms with Crippen LogP contribution in [0.1, 0.15) is 54.6 Å². The SMILES string of the molecule is Cc1cn2nc(N3CCC[C@H]3c3nc4c([nH]3)CCCC4)sc2n1. The van der Waals surface area contributed by atoms with E-state index in [1.165, 1.54) is 30.7 Å². The van der Waals surface area contributed by atoms with Crippen LogP contribution in [0.25, 0.3) is 4.96 Å². The fourth-order valence-electron chi connectivity index (χ4n) is 3.83. The molecule has 0 aromatic carbocycles. The molecule has 3 aromatic heterocycles. The third-order valence-corrected chi connectivity index (χ3v) is 5.90. The molecule has 0 amide bonds. The van der Waals surface area contributed by atoms with E-state index >= 15 is 0 Å². The molecule has 3 aromatic rings. The van der Waals surface area contributed by atoms with Crippen LogP contribution in [0.3, 0.4) is 0 Å². The van der Waals surface area contributed by atoms with Gasteiger partial charge in [-0.1, -0.05) is 11.3 Å². The van der Waals surface area contributed by atoms with Crippen molar-refractivity contribution in [2.75, 3.05) is 11.4 Å². The van der Waals surface area contributed by atoms with Gasteiger partial charge in [-0.2, -0.15) is 0 Å². The van der Waals surface area contributed by atoms with Crippen LogP contribution >= 0.6 is 11.3 Å². The number of aryl methyl sites for hydroxylation is 3. The summed E-state index contributed by atoms with van der Waals surface area (Å²) in [5.74, 6) is 1.14. The average Bonchev–Trinajstić information content (AvgIpc) is 3.27. The minimum Gasteiger partial charge on any atom is -0.344 e. The Bertz CT molecular complexity index is 804. The molecule has 1 aliphatic heterocycles. The predicted molar refractivity (Wildman–Crippen MR) is 90.2 cm³/mol. The summed E-state index contributed by atoms with van der Waals surface area (Å²) in [5.41, 5.74) is 3.68. The number of imidazole rings is 2. The van der Waals surface area contributed by atoms with Gasteiger partial charge in [0.05, 0.1) is 23.6 Å². The van der Waals surface area contributed by atoms with E-state index in [0.717, 1.165) is 47.4 Å². The summed E-state index contributed by atoms with van der Waals surface area (Å²) in [4.78, 5) is 16.4. The van der Waals surface area contributed by atoms with E-state index in [1.54, 1.807) is 11.3 Å². The smallest absolute Gasteiger partial charge is 0.214 e. The van der Waals surface area contributed by atoms with Crippen LogP contribution in [-0.2, 0) is 12.8 Å². The lowest BCUT2D eigenvalue weighted by Gasteiger charge is -2.21. The van der Waals surface area contributed by atoms with Gasteiger partial charge in [0.25, 0.3) is 0 Å². The van der Waals surface area contributed by atoms with E-state index in [0.29, 0.717) is 6.04 Å². The van der Waals surface area contributed by atoms with Crippen molar-refractivity contribution < 1.29 is 0 Å². The Morgan fingerprint density at radius 1 is 1.22 bits per heavy atom. The zero-order chi connectivity index (χ0) is 15.4. The van der Waals surface area contributed by atoms with Gasteiger partial charge in [-0.05, 0) is 45.4 Å². The van der Waals surface area contributed by atoms with Crippen molar-refractivity contribution in [1.82, 2.24) is 24.6 Å². The molecule has 0 saturated carbocycles. The summed E-state index contributed by atoms with van der Waals surface area (Å²) in [6, 6.07) is 0.331. The highest BCUT2D eigenvalue weighted by atomic mass is 32.1. The largest absolute Gasteiger partial charge is 0.344 e. The van der Waals surface area contributed by atoms with Crippen molar-refractivity contribution in [2.45, 2.75) is 51.5 Å². The maximum Gasteiger partial charge on any atom is 0.214 e. The number of aromatic nitrogens is 5. The third kappa shape index (κ3) is 2.17. The fourth-order valence-corrected chi connectivity index (χ4v) is 4.83. The van der Waals surface area contributed by atoms with Crippen molar-refractivity contribution in [3.05, 3.63) is 29.1 Å². The highest BCUT2D eigenvalue weighted by Gasteiger charge is 2.32. The summed E-state index contributed by atoms with van der Waals surface area (Å²) >= 11 is 1.67. The second-order valence-electron chi connectivity index (χ2n) is 6.60. The van der Waals surface area contributed by atoms with Gasteiger partial charge < -0.3 is 9.88 Å². The number of H-pyrrole nitrogens is 1. The van der Waals surface area contributed by atoms with Crippen LogP contribution in [0, 0.1) is 6.92 Å². The Hall–Kier alpha value is -1.89. The third-order valence-electron chi connectivity index (χ3n) is 4.94. The van der Waals surface area contributed by atoms with Crippen LogP contribution < -0.4 is 4.90 Å². The molecule has 1 saturated heterocycles. The number of nitrogens with one attached hydrogen (secondary N) is 1. The van der Waals surface area contributed by atoms with Gasteiger partial charge in [0, 0.05) is 12.2 Å². The predicted octanol–water partition coefficient (Wildman–Crippen LogP) is 3.04. The van der Waals surface area contributed by atoms with Crippen molar-refractivity contribution >= 4 is 21.4 Å². The van der Waals surface area contributed by atoms with E-state index in [1.807, 2.05) is 17.6 Å². The molecule has 5 rings (SSSR count). The van der Waals surface area contributed by atoms with E-state index in [-0.39, 0.29) is 0 Å². The Balaban J connectivity index is 1.49. The molecule has 6 nitrogen and oxygen atoms in total. The fraction of sp³-hybridized carbons (Fsp3) is 0.562. The zero-order valence-corrected chi connectivity index (χ0v) is 14.1. The number of fused-ring (bicyclic) bond motifs is 2. The summed E-state index contributed by atoms with van der Waals surface area (Å²) in [7, 11) is 0. The molecule has 0 radical (unpaired) electrons. The second kappa shape index (κ2) is 5.06. The zero-order valence-electron chi connectivity index (χ0n) is 13.2. The monoisotopic (exact) mass is 328 g/mol. The first kappa shape index (κ1) is 13.5. The van der Waals surface area contributed by atoms with Crippen molar-refractivity contribution in [3.63, 3.8) is 0 Å². The van der Waals surface area contributed by atoms with Crippen LogP contribution in [0.15, 0.2) is 6.20 Å². The van der Waals surface area contributed by atoms with Gasteiger partial charge in [-0.25, -0.2) is 14.5 Å². The highest BCUT2D eigenvalue weighted by molar-refractivity contribution is 7.20. The van der Waals surface area contributed by atoms with Gasteiger partial charge in [0.2, 0.25) is 10.1 Å². The molecule has 0 bridgehead atoms. The van der Waals surface area contributed by atoms with E-state index in [2.05, 4.69) is 14.9 Å². The molecule has 23 heavy (non-hydrogen) atoms. The minimum atomic E-state index is 0.331. The topological polar surface area (TPSA) is 62.1 Å². The molecule has 1 N–H and O–H groups in total. The lowest BCUT2D eigenvalue weighted by molar-refractivity contribution is 0.667. The molecule has 7 heteroatoms. The Morgan fingerprint density at radius 3 is 3.00 bits per heavy atom. The van der Waals surface area contributed by atoms with Gasteiger partial charge >= 0.3 is 0 Å². The molecule has 1 atom stereocenters. The quantitative estimate of drug-likeness (QED) is 0.785. The summed E-state index contributed by atoms with van der Waals surface area (Å²) in [5, 5.41) is 5.79. The van der Waals surface area contributed by atoms with E-state index in [4.69, 9.17) is 10.1 Å². The number of aromatic amines is 1. The van der Waals surface area contributed by atoms with Crippen molar-refractivity contribution in [2.24, 2.45) is 0 Å². The number of rotatable bonds is 2. The molecule has 2 aliphatic rings. The summed E-state index contributed by atoms with van der Waals surface area (Å²) in [6.07, 6.45) is 9.17. The Labute approximate surface area is 138 Å². The van der Waals surface area contributed by atoms with Crippen LogP contribution in [0.5, 0.6) is 0 Å². The normalized spacial score (nSPS) is 21.3. The second-order valence-corrected chi connectivity index (χ2v) is 7.53.